The molecule has 138 valence electrons. The lowest BCUT2D eigenvalue weighted by Crippen LogP contribution is -2.48. The van der Waals surface area contributed by atoms with Gasteiger partial charge in [-0.2, -0.15) is 0 Å². The van der Waals surface area contributed by atoms with Crippen LogP contribution in [0.4, 0.5) is 0 Å². The number of methoxy groups -OCH3 is 1. The number of amides is 1. The summed E-state index contributed by atoms with van der Waals surface area (Å²) in [5.41, 5.74) is 7.15. The molecule has 0 unspecified atom stereocenters. The molecule has 1 saturated carbocycles. The highest BCUT2D eigenvalue weighted by atomic mass is 16.5. The van der Waals surface area contributed by atoms with Crippen LogP contribution in [0.5, 0.6) is 0 Å². The normalized spacial score (nSPS) is 28.1. The van der Waals surface area contributed by atoms with Gasteiger partial charge in [-0.25, -0.2) is 0 Å². The van der Waals surface area contributed by atoms with Crippen LogP contribution in [0.25, 0.3) is 0 Å². The molecule has 1 aromatic rings. The first-order valence-electron chi connectivity index (χ1n) is 9.25. The molecule has 1 amide bonds. The van der Waals surface area contributed by atoms with Gasteiger partial charge in [0.05, 0.1) is 18.8 Å². The second-order valence-electron chi connectivity index (χ2n) is 7.14. The number of likely N-dealkylation sites (tertiary alicyclic amines) is 1. The van der Waals surface area contributed by atoms with Gasteiger partial charge in [-0.15, -0.1) is 0 Å². The second-order valence-corrected chi connectivity index (χ2v) is 7.14. The molecule has 3 rings (SSSR count). The lowest BCUT2D eigenvalue weighted by Gasteiger charge is -2.38. The molecule has 2 aliphatic rings. The third-order valence-electron chi connectivity index (χ3n) is 5.46. The molecule has 1 aromatic heterocycles. The maximum atomic E-state index is 12.8. The highest BCUT2D eigenvalue weighted by molar-refractivity contribution is 5.79. The average molecular weight is 347 g/mol. The van der Waals surface area contributed by atoms with E-state index in [2.05, 4.69) is 4.98 Å². The van der Waals surface area contributed by atoms with Crippen molar-refractivity contribution in [2.45, 2.75) is 57.0 Å². The number of nitrogens with zero attached hydrogens (tertiary/aromatic N) is 2. The number of aromatic nitrogens is 1. The van der Waals surface area contributed by atoms with Crippen molar-refractivity contribution in [2.24, 2.45) is 11.7 Å². The van der Waals surface area contributed by atoms with Crippen LogP contribution in [0.2, 0.25) is 0 Å². The smallest absolute Gasteiger partial charge is 0.225 e. The molecule has 2 fully saturated rings. The van der Waals surface area contributed by atoms with Crippen molar-refractivity contribution >= 4 is 5.91 Å². The molecule has 25 heavy (non-hydrogen) atoms. The van der Waals surface area contributed by atoms with Crippen molar-refractivity contribution in [3.05, 3.63) is 30.1 Å². The van der Waals surface area contributed by atoms with Crippen LogP contribution in [0, 0.1) is 5.92 Å². The number of rotatable bonds is 5. The molecule has 1 saturated heterocycles. The Labute approximate surface area is 149 Å². The van der Waals surface area contributed by atoms with Gasteiger partial charge in [-0.3, -0.25) is 9.78 Å². The Kier molecular flexibility index (Phi) is 6.39. The first-order valence-corrected chi connectivity index (χ1v) is 9.25. The van der Waals surface area contributed by atoms with E-state index < -0.39 is 0 Å². The van der Waals surface area contributed by atoms with Gasteiger partial charge >= 0.3 is 0 Å². The van der Waals surface area contributed by atoms with Gasteiger partial charge in [0, 0.05) is 44.6 Å². The Hall–Kier alpha value is -1.50. The maximum absolute atomic E-state index is 12.8. The van der Waals surface area contributed by atoms with Crippen molar-refractivity contribution in [2.75, 3.05) is 20.2 Å². The van der Waals surface area contributed by atoms with E-state index in [0.29, 0.717) is 6.61 Å². The van der Waals surface area contributed by atoms with Crippen molar-refractivity contribution < 1.29 is 14.3 Å². The lowest BCUT2D eigenvalue weighted by molar-refractivity contribution is -0.141. The average Bonchev–Trinajstić information content (AvgIpc) is 2.67. The number of carbonyl (C=O) groups excluding carboxylic acids is 1. The summed E-state index contributed by atoms with van der Waals surface area (Å²) in [5.74, 6) is 0.317. The molecule has 6 nitrogen and oxygen atoms in total. The second kappa shape index (κ2) is 8.74. The van der Waals surface area contributed by atoms with Crippen molar-refractivity contribution in [1.29, 1.82) is 0 Å². The summed E-state index contributed by atoms with van der Waals surface area (Å²) in [6, 6.07) is 4.00. The summed E-state index contributed by atoms with van der Waals surface area (Å²) in [4.78, 5) is 18.9. The van der Waals surface area contributed by atoms with E-state index in [1.807, 2.05) is 23.2 Å². The molecular weight excluding hydrogens is 318 g/mol. The fourth-order valence-corrected chi connectivity index (χ4v) is 3.85. The SMILES string of the molecule is CO[C@H]1C[C@@H](C(=O)N2CCC(OCc3cccnc3)CC2)CC[C@@H]1N. The highest BCUT2D eigenvalue weighted by Gasteiger charge is 2.35. The van der Waals surface area contributed by atoms with E-state index in [4.69, 9.17) is 15.2 Å². The van der Waals surface area contributed by atoms with Crippen molar-refractivity contribution in [1.82, 2.24) is 9.88 Å². The molecule has 0 aromatic carbocycles. The molecule has 2 heterocycles. The number of hydrogen-bond acceptors (Lipinski definition) is 5. The Morgan fingerprint density at radius 1 is 1.32 bits per heavy atom. The largest absolute Gasteiger partial charge is 0.380 e. The van der Waals surface area contributed by atoms with Gasteiger partial charge < -0.3 is 20.1 Å². The molecule has 2 N–H and O–H groups in total. The van der Waals surface area contributed by atoms with Crippen LogP contribution in [0.1, 0.15) is 37.7 Å². The first-order chi connectivity index (χ1) is 12.2. The Bertz CT molecular complexity index is 546. The van der Waals surface area contributed by atoms with E-state index in [1.54, 1.807) is 13.3 Å². The highest BCUT2D eigenvalue weighted by Crippen LogP contribution is 2.28. The van der Waals surface area contributed by atoms with Gasteiger partial charge in [0.15, 0.2) is 0 Å². The summed E-state index contributed by atoms with van der Waals surface area (Å²) in [5, 5.41) is 0. The van der Waals surface area contributed by atoms with Gasteiger partial charge in [0.1, 0.15) is 0 Å². The minimum atomic E-state index is 0.00283. The molecule has 0 radical (unpaired) electrons. The van der Waals surface area contributed by atoms with Crippen LogP contribution in [-0.4, -0.2) is 54.2 Å². The van der Waals surface area contributed by atoms with Crippen LogP contribution >= 0.6 is 0 Å². The summed E-state index contributed by atoms with van der Waals surface area (Å²) in [6.45, 7) is 2.13. The molecule has 1 aliphatic carbocycles. The third kappa shape index (κ3) is 4.77. The standard InChI is InChI=1S/C19H29N3O3/c1-24-18-11-15(4-5-17(18)20)19(23)22-9-6-16(7-10-22)25-13-14-3-2-8-21-12-14/h2-3,8,12,15-18H,4-7,9-11,13,20H2,1H3/t15-,17-,18-/m0/s1. The molecule has 0 bridgehead atoms. The summed E-state index contributed by atoms with van der Waals surface area (Å²) in [7, 11) is 1.68. The van der Waals surface area contributed by atoms with Crippen molar-refractivity contribution in [3.63, 3.8) is 0 Å². The van der Waals surface area contributed by atoms with Crippen LogP contribution in [0.3, 0.4) is 0 Å². The summed E-state index contributed by atoms with van der Waals surface area (Å²) >= 11 is 0. The Morgan fingerprint density at radius 3 is 2.80 bits per heavy atom. The molecule has 0 spiro atoms. The van der Waals surface area contributed by atoms with Crippen LogP contribution < -0.4 is 5.73 Å². The number of hydrogen-bond donors (Lipinski definition) is 1. The zero-order valence-electron chi connectivity index (χ0n) is 15.0. The number of piperidine rings is 1. The monoisotopic (exact) mass is 347 g/mol. The van der Waals surface area contributed by atoms with E-state index in [-0.39, 0.29) is 30.1 Å². The predicted octanol–water partition coefficient (Wildman–Crippen LogP) is 1.73. The van der Waals surface area contributed by atoms with Gasteiger partial charge in [-0.1, -0.05) is 6.07 Å². The van der Waals surface area contributed by atoms with Crippen molar-refractivity contribution in [3.8, 4) is 0 Å². The maximum Gasteiger partial charge on any atom is 0.225 e. The van der Waals surface area contributed by atoms with Crippen LogP contribution in [-0.2, 0) is 20.9 Å². The Morgan fingerprint density at radius 2 is 2.12 bits per heavy atom. The fraction of sp³-hybridized carbons (Fsp3) is 0.684. The first kappa shape index (κ1) is 18.3. The molecule has 1 aliphatic heterocycles. The quantitative estimate of drug-likeness (QED) is 0.878. The Balaban J connectivity index is 1.43. The number of pyridine rings is 1. The van der Waals surface area contributed by atoms with E-state index in [0.717, 1.165) is 50.8 Å². The zero-order chi connectivity index (χ0) is 17.6. The summed E-state index contributed by atoms with van der Waals surface area (Å²) in [6.07, 6.45) is 8.08. The summed E-state index contributed by atoms with van der Waals surface area (Å²) < 4.78 is 11.4. The number of nitrogens with two attached hydrogens (primary N) is 1. The zero-order valence-corrected chi connectivity index (χ0v) is 15.0. The fourth-order valence-electron chi connectivity index (χ4n) is 3.85. The van der Waals surface area contributed by atoms with E-state index in [9.17, 15) is 4.79 Å². The number of carbonyl (C=O) groups is 1. The third-order valence-corrected chi connectivity index (χ3v) is 5.46. The van der Waals surface area contributed by atoms with Gasteiger partial charge in [0.2, 0.25) is 5.91 Å². The minimum absolute atomic E-state index is 0.00283. The van der Waals surface area contributed by atoms with E-state index >= 15 is 0 Å². The van der Waals surface area contributed by atoms with Gasteiger partial charge in [-0.05, 0) is 43.7 Å². The van der Waals surface area contributed by atoms with Crippen LogP contribution in [0.15, 0.2) is 24.5 Å². The topological polar surface area (TPSA) is 77.7 Å². The number of ether oxygens (including phenoxy) is 2. The molecular formula is C19H29N3O3. The predicted molar refractivity (Wildman–Crippen MR) is 94.7 cm³/mol. The van der Waals surface area contributed by atoms with Gasteiger partial charge in [0.25, 0.3) is 0 Å². The minimum Gasteiger partial charge on any atom is -0.380 e. The molecule has 6 heteroatoms. The van der Waals surface area contributed by atoms with E-state index in [1.165, 1.54) is 0 Å². The lowest BCUT2D eigenvalue weighted by atomic mass is 9.83. The molecule has 3 atom stereocenters.